The lowest BCUT2D eigenvalue weighted by molar-refractivity contribution is 0.624. The van der Waals surface area contributed by atoms with Gasteiger partial charge in [0, 0.05) is 25.0 Å². The number of nitrogens with two attached hydrogens (primary N) is 1. The molecule has 0 saturated carbocycles. The number of halogens is 2. The predicted molar refractivity (Wildman–Crippen MR) is 65.6 cm³/mol. The van der Waals surface area contributed by atoms with Gasteiger partial charge >= 0.3 is 0 Å². The Kier molecular flexibility index (Phi) is 3.15. The van der Waals surface area contributed by atoms with Crippen molar-refractivity contribution in [3.63, 3.8) is 0 Å². The summed E-state index contributed by atoms with van der Waals surface area (Å²) in [4.78, 5) is 11.1. The van der Waals surface area contributed by atoms with E-state index in [0.717, 1.165) is 5.56 Å². The highest BCUT2D eigenvalue weighted by Crippen LogP contribution is 2.16. The van der Waals surface area contributed by atoms with Crippen LogP contribution in [0.5, 0.6) is 0 Å². The van der Waals surface area contributed by atoms with E-state index in [2.05, 4.69) is 0 Å². The summed E-state index contributed by atoms with van der Waals surface area (Å²) in [6, 6.07) is 5.95. The second-order valence-corrected chi connectivity index (χ2v) is 4.09. The number of pyridine rings is 1. The van der Waals surface area contributed by atoms with Crippen LogP contribution in [0.25, 0.3) is 0 Å². The van der Waals surface area contributed by atoms with Gasteiger partial charge in [-0.05, 0) is 17.7 Å². The Labute approximate surface area is 102 Å². The maximum Gasteiger partial charge on any atom is 0.204 e. The maximum absolute atomic E-state index is 13.2. The number of nitrogens with zero attached hydrogens (tertiary/aromatic N) is 1. The first kappa shape index (κ1) is 11.7. The monoisotopic (exact) mass is 252 g/mol. The molecule has 0 fully saturated rings. The summed E-state index contributed by atoms with van der Waals surface area (Å²) in [5.74, 6) is -0.460. The van der Waals surface area contributed by atoms with Crippen molar-refractivity contribution in [1.82, 2.24) is 4.57 Å². The molecule has 0 spiro atoms. The Morgan fingerprint density at radius 1 is 1.35 bits per heavy atom. The molecule has 1 heterocycles. The molecule has 5 heteroatoms. The third-order valence-electron chi connectivity index (χ3n) is 2.36. The highest BCUT2D eigenvalue weighted by molar-refractivity contribution is 6.30. The number of nitrogen functional groups attached to an aromatic ring is 1. The first-order valence-electron chi connectivity index (χ1n) is 4.96. The number of rotatable bonds is 2. The molecule has 0 unspecified atom stereocenters. The summed E-state index contributed by atoms with van der Waals surface area (Å²) in [6.07, 6.45) is 3.13. The molecule has 0 saturated heterocycles. The van der Waals surface area contributed by atoms with E-state index >= 15 is 0 Å². The van der Waals surface area contributed by atoms with Crippen LogP contribution in [0, 0.1) is 5.82 Å². The quantitative estimate of drug-likeness (QED) is 0.891. The summed E-state index contributed by atoms with van der Waals surface area (Å²) in [5.41, 5.74) is 6.19. The zero-order chi connectivity index (χ0) is 12.4. The van der Waals surface area contributed by atoms with Crippen LogP contribution in [0.2, 0.25) is 5.02 Å². The Hall–Kier alpha value is -1.81. The van der Waals surface area contributed by atoms with Gasteiger partial charge in [-0.1, -0.05) is 17.7 Å². The minimum atomic E-state index is -0.460. The molecule has 0 atom stereocenters. The first-order valence-corrected chi connectivity index (χ1v) is 5.33. The lowest BCUT2D eigenvalue weighted by atomic mass is 10.2. The lowest BCUT2D eigenvalue weighted by Gasteiger charge is -2.07. The molecule has 0 aliphatic rings. The Balaban J connectivity index is 2.28. The Bertz CT molecular complexity index is 610. The third kappa shape index (κ3) is 2.65. The van der Waals surface area contributed by atoms with Crippen molar-refractivity contribution in [3.05, 3.63) is 63.3 Å². The van der Waals surface area contributed by atoms with E-state index < -0.39 is 5.82 Å². The Morgan fingerprint density at radius 3 is 2.76 bits per heavy atom. The molecular weight excluding hydrogens is 243 g/mol. The van der Waals surface area contributed by atoms with Crippen molar-refractivity contribution < 1.29 is 4.39 Å². The third-order valence-corrected chi connectivity index (χ3v) is 2.66. The fourth-order valence-electron chi connectivity index (χ4n) is 1.49. The van der Waals surface area contributed by atoms with Crippen molar-refractivity contribution in [2.24, 2.45) is 0 Å². The van der Waals surface area contributed by atoms with Gasteiger partial charge in [-0.3, -0.25) is 4.79 Å². The molecule has 1 aromatic heterocycles. The van der Waals surface area contributed by atoms with E-state index in [0.29, 0.717) is 6.54 Å². The number of aromatic nitrogens is 1. The van der Waals surface area contributed by atoms with Gasteiger partial charge in [0.2, 0.25) is 5.43 Å². The topological polar surface area (TPSA) is 48.0 Å². The van der Waals surface area contributed by atoms with Crippen LogP contribution in [-0.2, 0) is 6.54 Å². The fraction of sp³-hybridized carbons (Fsp3) is 0.0833. The summed E-state index contributed by atoms with van der Waals surface area (Å²) in [5, 5.41) is 0.0909. The highest BCUT2D eigenvalue weighted by Gasteiger charge is 2.02. The fourth-order valence-corrected chi connectivity index (χ4v) is 1.61. The molecule has 3 nitrogen and oxygen atoms in total. The van der Waals surface area contributed by atoms with Crippen LogP contribution in [0.15, 0.2) is 41.5 Å². The van der Waals surface area contributed by atoms with Gasteiger partial charge < -0.3 is 10.3 Å². The lowest BCUT2D eigenvalue weighted by Crippen LogP contribution is -2.11. The van der Waals surface area contributed by atoms with Gasteiger partial charge in [-0.15, -0.1) is 0 Å². The van der Waals surface area contributed by atoms with Gasteiger partial charge in [0.15, 0.2) is 0 Å². The molecule has 0 radical (unpaired) electrons. The molecule has 88 valence electrons. The van der Waals surface area contributed by atoms with Gasteiger partial charge in [0.1, 0.15) is 5.82 Å². The molecule has 2 N–H and O–H groups in total. The van der Waals surface area contributed by atoms with E-state index in [4.69, 9.17) is 17.3 Å². The van der Waals surface area contributed by atoms with Crippen LogP contribution in [0.4, 0.5) is 10.1 Å². The number of hydrogen-bond acceptors (Lipinski definition) is 2. The van der Waals surface area contributed by atoms with E-state index in [1.165, 1.54) is 24.4 Å². The molecule has 0 amide bonds. The Morgan fingerprint density at radius 2 is 2.12 bits per heavy atom. The molecular formula is C12H10ClFN2O. The number of hydrogen-bond donors (Lipinski definition) is 1. The van der Waals surface area contributed by atoms with Crippen LogP contribution in [0.3, 0.4) is 0 Å². The van der Waals surface area contributed by atoms with Gasteiger partial charge in [0.05, 0.1) is 10.7 Å². The first-order chi connectivity index (χ1) is 8.06. The predicted octanol–water partition coefficient (Wildman–Crippen LogP) is 2.27. The van der Waals surface area contributed by atoms with Gasteiger partial charge in [0.25, 0.3) is 0 Å². The highest BCUT2D eigenvalue weighted by atomic mass is 35.5. The average molecular weight is 253 g/mol. The smallest absolute Gasteiger partial charge is 0.204 e. The maximum atomic E-state index is 13.2. The standard InChI is InChI=1S/C12H10ClFN2O/c13-9-2-1-8(5-10(9)14)6-16-4-3-12(17)11(15)7-16/h1-5,7H,6,15H2. The van der Waals surface area contributed by atoms with E-state index in [1.54, 1.807) is 16.8 Å². The van der Waals surface area contributed by atoms with Gasteiger partial charge in [-0.2, -0.15) is 0 Å². The summed E-state index contributed by atoms with van der Waals surface area (Å²) in [7, 11) is 0. The minimum Gasteiger partial charge on any atom is -0.394 e. The van der Waals surface area contributed by atoms with Crippen LogP contribution >= 0.6 is 11.6 Å². The normalized spacial score (nSPS) is 10.5. The molecule has 17 heavy (non-hydrogen) atoms. The number of anilines is 1. The molecule has 0 aliphatic heterocycles. The molecule has 2 rings (SSSR count). The summed E-state index contributed by atoms with van der Waals surface area (Å²) in [6.45, 7) is 0.429. The van der Waals surface area contributed by atoms with Crippen molar-refractivity contribution >= 4 is 17.3 Å². The van der Waals surface area contributed by atoms with Gasteiger partial charge in [-0.25, -0.2) is 4.39 Å². The van der Waals surface area contributed by atoms with E-state index in [9.17, 15) is 9.18 Å². The minimum absolute atomic E-state index is 0.0909. The molecule has 0 aliphatic carbocycles. The second kappa shape index (κ2) is 4.59. The molecule has 0 bridgehead atoms. The van der Waals surface area contributed by atoms with Crippen molar-refractivity contribution in [2.75, 3.05) is 5.73 Å². The average Bonchev–Trinajstić information content (AvgIpc) is 2.29. The van der Waals surface area contributed by atoms with Crippen LogP contribution in [-0.4, -0.2) is 4.57 Å². The number of benzene rings is 1. The van der Waals surface area contributed by atoms with Crippen molar-refractivity contribution in [3.8, 4) is 0 Å². The van der Waals surface area contributed by atoms with Crippen LogP contribution < -0.4 is 11.2 Å². The SMILES string of the molecule is Nc1cn(Cc2ccc(Cl)c(F)c2)ccc1=O. The van der Waals surface area contributed by atoms with Crippen molar-refractivity contribution in [2.45, 2.75) is 6.54 Å². The van der Waals surface area contributed by atoms with Crippen LogP contribution in [0.1, 0.15) is 5.56 Å². The molecule has 1 aromatic carbocycles. The van der Waals surface area contributed by atoms with E-state index in [-0.39, 0.29) is 16.1 Å². The zero-order valence-electron chi connectivity index (χ0n) is 8.86. The largest absolute Gasteiger partial charge is 0.394 e. The van der Waals surface area contributed by atoms with E-state index in [1.807, 2.05) is 0 Å². The zero-order valence-corrected chi connectivity index (χ0v) is 9.62. The summed E-state index contributed by atoms with van der Waals surface area (Å²) >= 11 is 5.59. The molecule has 2 aromatic rings. The second-order valence-electron chi connectivity index (χ2n) is 3.69. The van der Waals surface area contributed by atoms with Crippen molar-refractivity contribution in [1.29, 1.82) is 0 Å². The summed E-state index contributed by atoms with van der Waals surface area (Å²) < 4.78 is 14.9.